The molecule has 0 radical (unpaired) electrons. The first-order chi connectivity index (χ1) is 14.2. The number of hydrogen-bond acceptors (Lipinski definition) is 6. The van der Waals surface area contributed by atoms with Gasteiger partial charge in [-0.25, -0.2) is 4.79 Å². The molecule has 1 aromatic carbocycles. The van der Waals surface area contributed by atoms with Crippen LogP contribution in [0.3, 0.4) is 0 Å². The Morgan fingerprint density at radius 3 is 2.66 bits per heavy atom. The minimum Gasteiger partial charge on any atom is -0.376 e. The Hall–Kier alpha value is -2.52. The number of hydrogen-bond donors (Lipinski definition) is 2. The third kappa shape index (κ3) is 5.10. The largest absolute Gasteiger partial charge is 0.376 e. The second-order valence-electron chi connectivity index (χ2n) is 7.35. The molecule has 0 saturated carbocycles. The number of benzene rings is 1. The number of rotatable bonds is 5. The molecular formula is C20H25N5O3S. The predicted octanol–water partition coefficient (Wildman–Crippen LogP) is 2.86. The van der Waals surface area contributed by atoms with Gasteiger partial charge in [-0.1, -0.05) is 29.5 Å². The highest BCUT2D eigenvalue weighted by Gasteiger charge is 2.27. The summed E-state index contributed by atoms with van der Waals surface area (Å²) in [5, 5.41) is 15.3. The van der Waals surface area contributed by atoms with Gasteiger partial charge in [-0.2, -0.15) is 0 Å². The highest BCUT2D eigenvalue weighted by Crippen LogP contribution is 2.30. The number of urea groups is 1. The molecule has 2 fully saturated rings. The van der Waals surface area contributed by atoms with Crippen LogP contribution >= 0.6 is 11.3 Å². The summed E-state index contributed by atoms with van der Waals surface area (Å²) in [5.41, 5.74) is 0.733. The number of likely N-dealkylation sites (tertiary alicyclic amines) is 1. The van der Waals surface area contributed by atoms with E-state index in [1.807, 2.05) is 35.2 Å². The fourth-order valence-corrected chi connectivity index (χ4v) is 4.55. The minimum absolute atomic E-state index is 0.0286. The molecule has 0 spiro atoms. The molecule has 2 N–H and O–H groups in total. The Kier molecular flexibility index (Phi) is 6.36. The van der Waals surface area contributed by atoms with Crippen molar-refractivity contribution in [2.24, 2.45) is 0 Å². The smallest absolute Gasteiger partial charge is 0.317 e. The van der Waals surface area contributed by atoms with Gasteiger partial charge in [-0.15, -0.1) is 10.2 Å². The topological polar surface area (TPSA) is 96.5 Å². The number of piperidine rings is 1. The zero-order chi connectivity index (χ0) is 20.1. The summed E-state index contributed by atoms with van der Waals surface area (Å²) in [6.07, 6.45) is 3.88. The molecule has 8 nitrogen and oxygen atoms in total. The minimum atomic E-state index is -0.245. The highest BCUT2D eigenvalue weighted by molar-refractivity contribution is 7.13. The Bertz CT molecular complexity index is 830. The predicted molar refractivity (Wildman–Crippen MR) is 110 cm³/mol. The van der Waals surface area contributed by atoms with Gasteiger partial charge in [0.25, 0.3) is 5.91 Å². The van der Waals surface area contributed by atoms with Crippen molar-refractivity contribution < 1.29 is 14.3 Å². The van der Waals surface area contributed by atoms with Gasteiger partial charge in [-0.3, -0.25) is 4.79 Å². The molecule has 2 saturated heterocycles. The number of amides is 3. The van der Waals surface area contributed by atoms with E-state index < -0.39 is 0 Å². The Morgan fingerprint density at radius 1 is 1.14 bits per heavy atom. The van der Waals surface area contributed by atoms with Gasteiger partial charge in [-0.05, 0) is 37.8 Å². The van der Waals surface area contributed by atoms with Gasteiger partial charge in [0, 0.05) is 37.8 Å². The summed E-state index contributed by atoms with van der Waals surface area (Å²) in [6.45, 7) is 2.72. The van der Waals surface area contributed by atoms with Crippen LogP contribution in [0.5, 0.6) is 0 Å². The monoisotopic (exact) mass is 415 g/mol. The van der Waals surface area contributed by atoms with E-state index in [4.69, 9.17) is 4.74 Å². The number of carbonyl (C=O) groups excluding carboxylic acids is 2. The van der Waals surface area contributed by atoms with Crippen LogP contribution in [-0.2, 0) is 4.74 Å². The standard InChI is InChI=1S/C20H25N5O3S/c26-17(22-15-5-2-1-3-6-15)19-24-23-18(29-19)14-8-10-25(11-9-14)20(27)21-13-16-7-4-12-28-16/h1-3,5-6,14,16H,4,7-13H2,(H,21,27)(H,22,26)/t16-/m1/s1. The summed E-state index contributed by atoms with van der Waals surface area (Å²) in [4.78, 5) is 26.5. The quantitative estimate of drug-likeness (QED) is 0.783. The molecule has 3 amide bonds. The third-order valence-corrected chi connectivity index (χ3v) is 6.39. The van der Waals surface area contributed by atoms with Crippen LogP contribution in [0, 0.1) is 0 Å². The normalized spacial score (nSPS) is 19.9. The molecular weight excluding hydrogens is 390 g/mol. The summed E-state index contributed by atoms with van der Waals surface area (Å²) >= 11 is 1.33. The molecule has 0 aliphatic carbocycles. The van der Waals surface area contributed by atoms with Gasteiger partial charge < -0.3 is 20.3 Å². The number of carbonyl (C=O) groups is 2. The van der Waals surface area contributed by atoms with Crippen molar-refractivity contribution in [3.63, 3.8) is 0 Å². The lowest BCUT2D eigenvalue weighted by Gasteiger charge is -2.31. The highest BCUT2D eigenvalue weighted by atomic mass is 32.1. The van der Waals surface area contributed by atoms with Crippen molar-refractivity contribution in [1.82, 2.24) is 20.4 Å². The van der Waals surface area contributed by atoms with E-state index in [1.54, 1.807) is 0 Å². The van der Waals surface area contributed by atoms with Gasteiger partial charge in [0.2, 0.25) is 5.01 Å². The molecule has 2 aliphatic heterocycles. The summed E-state index contributed by atoms with van der Waals surface area (Å²) in [6, 6.07) is 9.27. The van der Waals surface area contributed by atoms with Crippen molar-refractivity contribution in [1.29, 1.82) is 0 Å². The first-order valence-electron chi connectivity index (χ1n) is 10.0. The van der Waals surface area contributed by atoms with Crippen molar-refractivity contribution >= 4 is 29.0 Å². The molecule has 4 rings (SSSR count). The van der Waals surface area contributed by atoms with Crippen molar-refractivity contribution in [2.45, 2.75) is 37.7 Å². The van der Waals surface area contributed by atoms with Gasteiger partial charge in [0.05, 0.1) is 6.10 Å². The van der Waals surface area contributed by atoms with Gasteiger partial charge in [0.15, 0.2) is 0 Å². The van der Waals surface area contributed by atoms with Crippen molar-refractivity contribution in [2.75, 3.05) is 31.6 Å². The first-order valence-corrected chi connectivity index (χ1v) is 10.8. The van der Waals surface area contributed by atoms with E-state index in [-0.39, 0.29) is 24.0 Å². The molecule has 0 unspecified atom stereocenters. The van der Waals surface area contributed by atoms with E-state index in [9.17, 15) is 9.59 Å². The van der Waals surface area contributed by atoms with E-state index in [2.05, 4.69) is 20.8 Å². The zero-order valence-corrected chi connectivity index (χ0v) is 17.0. The summed E-state index contributed by atoms with van der Waals surface area (Å²) in [7, 11) is 0. The molecule has 2 aromatic rings. The summed E-state index contributed by atoms with van der Waals surface area (Å²) in [5.74, 6) is -0.0149. The van der Waals surface area contributed by atoms with Crippen LogP contribution in [0.25, 0.3) is 0 Å². The van der Waals surface area contributed by atoms with E-state index >= 15 is 0 Å². The van der Waals surface area contributed by atoms with Gasteiger partial charge in [0.1, 0.15) is 5.01 Å². The van der Waals surface area contributed by atoms with Crippen molar-refractivity contribution in [3.8, 4) is 0 Å². The third-order valence-electron chi connectivity index (χ3n) is 5.30. The van der Waals surface area contributed by atoms with Crippen molar-refractivity contribution in [3.05, 3.63) is 40.3 Å². The summed E-state index contributed by atoms with van der Waals surface area (Å²) < 4.78 is 5.54. The number of para-hydroxylation sites is 1. The second-order valence-corrected chi connectivity index (χ2v) is 8.36. The molecule has 9 heteroatoms. The van der Waals surface area contributed by atoms with Crippen LogP contribution in [-0.4, -0.2) is 59.4 Å². The van der Waals surface area contributed by atoms with E-state index in [0.29, 0.717) is 24.6 Å². The van der Waals surface area contributed by atoms with E-state index in [0.717, 1.165) is 43.0 Å². The maximum Gasteiger partial charge on any atom is 0.317 e. The fraction of sp³-hybridized carbons (Fsp3) is 0.500. The number of aromatic nitrogens is 2. The first kappa shape index (κ1) is 19.8. The Labute approximate surface area is 173 Å². The molecule has 0 bridgehead atoms. The number of anilines is 1. The Balaban J connectivity index is 1.25. The van der Waals surface area contributed by atoms with Gasteiger partial charge >= 0.3 is 6.03 Å². The lowest BCUT2D eigenvalue weighted by atomic mass is 9.98. The second kappa shape index (κ2) is 9.32. The molecule has 154 valence electrons. The van der Waals surface area contributed by atoms with Crippen LogP contribution in [0.2, 0.25) is 0 Å². The average Bonchev–Trinajstić information content (AvgIpc) is 3.45. The van der Waals surface area contributed by atoms with Crippen LogP contribution in [0.1, 0.15) is 46.4 Å². The lowest BCUT2D eigenvalue weighted by Crippen LogP contribution is -2.46. The average molecular weight is 416 g/mol. The number of nitrogens with zero attached hydrogens (tertiary/aromatic N) is 3. The van der Waals surface area contributed by atoms with Crippen LogP contribution in [0.4, 0.5) is 10.5 Å². The van der Waals surface area contributed by atoms with E-state index in [1.165, 1.54) is 11.3 Å². The molecule has 1 atom stereocenters. The zero-order valence-electron chi connectivity index (χ0n) is 16.2. The molecule has 29 heavy (non-hydrogen) atoms. The molecule has 3 heterocycles. The number of ether oxygens (including phenoxy) is 1. The maximum atomic E-state index is 12.4. The SMILES string of the molecule is O=C(Nc1ccccc1)c1nnc(C2CCN(C(=O)NC[C@H]3CCCO3)CC2)s1. The number of nitrogens with one attached hydrogen (secondary N) is 2. The van der Waals surface area contributed by atoms with Crippen LogP contribution in [0.15, 0.2) is 30.3 Å². The van der Waals surface area contributed by atoms with Crippen LogP contribution < -0.4 is 10.6 Å². The lowest BCUT2D eigenvalue weighted by molar-refractivity contribution is 0.102. The molecule has 1 aromatic heterocycles. The Morgan fingerprint density at radius 2 is 1.93 bits per heavy atom. The maximum absolute atomic E-state index is 12.4. The molecule has 2 aliphatic rings. The fourth-order valence-electron chi connectivity index (χ4n) is 3.65.